The van der Waals surface area contributed by atoms with Crippen LogP contribution < -0.4 is 0 Å². The Morgan fingerprint density at radius 2 is 1.60 bits per heavy atom. The molecule has 0 N–H and O–H groups in total. The maximum atomic E-state index is 12.7. The zero-order chi connectivity index (χ0) is 14.5. The van der Waals surface area contributed by atoms with E-state index in [2.05, 4.69) is 17.9 Å². The zero-order valence-corrected chi connectivity index (χ0v) is 13.1. The number of benzene rings is 2. The van der Waals surface area contributed by atoms with E-state index < -0.39 is 10.8 Å². The van der Waals surface area contributed by atoms with E-state index in [4.69, 9.17) is 0 Å². The van der Waals surface area contributed by atoms with Crippen LogP contribution in [0.25, 0.3) is 0 Å². The molecular formula is C17H21NOS. The Morgan fingerprint density at radius 1 is 1.00 bits per heavy atom. The normalized spacial score (nSPS) is 14.2. The molecule has 0 heterocycles. The third-order valence-corrected chi connectivity index (χ3v) is 4.99. The van der Waals surface area contributed by atoms with E-state index in [0.29, 0.717) is 5.75 Å². The molecule has 0 saturated carbocycles. The third kappa shape index (κ3) is 3.56. The molecule has 0 radical (unpaired) electrons. The second kappa shape index (κ2) is 6.82. The van der Waals surface area contributed by atoms with E-state index in [1.807, 2.05) is 62.6 Å². The molecule has 0 bridgehead atoms. The minimum Gasteiger partial charge on any atom is -0.303 e. The molecule has 0 saturated heterocycles. The van der Waals surface area contributed by atoms with Gasteiger partial charge in [-0.25, -0.2) is 0 Å². The largest absolute Gasteiger partial charge is 0.303 e. The van der Waals surface area contributed by atoms with Crippen molar-refractivity contribution in [3.8, 4) is 0 Å². The summed E-state index contributed by atoms with van der Waals surface area (Å²) in [6, 6.07) is 18.3. The van der Waals surface area contributed by atoms with Crippen LogP contribution in [-0.4, -0.2) is 23.2 Å². The second-order valence-electron chi connectivity index (χ2n) is 5.15. The van der Waals surface area contributed by atoms with Gasteiger partial charge in [0.2, 0.25) is 0 Å². The molecule has 2 aromatic rings. The van der Waals surface area contributed by atoms with Gasteiger partial charge in [-0.05, 0) is 38.2 Å². The summed E-state index contributed by atoms with van der Waals surface area (Å²) < 4.78 is 12.7. The molecule has 106 valence electrons. The molecule has 2 aromatic carbocycles. The Balaban J connectivity index is 2.26. The van der Waals surface area contributed by atoms with Crippen LogP contribution in [0.15, 0.2) is 59.5 Å². The van der Waals surface area contributed by atoms with Crippen molar-refractivity contribution in [3.05, 3.63) is 65.7 Å². The van der Waals surface area contributed by atoms with Crippen LogP contribution in [0.5, 0.6) is 0 Å². The molecule has 0 amide bonds. The van der Waals surface area contributed by atoms with Crippen molar-refractivity contribution in [1.82, 2.24) is 4.90 Å². The quantitative estimate of drug-likeness (QED) is 0.837. The van der Waals surface area contributed by atoms with Gasteiger partial charge >= 0.3 is 0 Å². The van der Waals surface area contributed by atoms with Gasteiger partial charge < -0.3 is 4.90 Å². The Bertz CT molecular complexity index is 581. The van der Waals surface area contributed by atoms with Gasteiger partial charge in [0.05, 0.1) is 16.6 Å². The van der Waals surface area contributed by atoms with E-state index in [0.717, 1.165) is 16.0 Å². The Labute approximate surface area is 123 Å². The summed E-state index contributed by atoms with van der Waals surface area (Å²) >= 11 is 0. The molecule has 2 rings (SSSR count). The topological polar surface area (TPSA) is 20.3 Å². The van der Waals surface area contributed by atoms with Crippen LogP contribution in [0.4, 0.5) is 0 Å². The highest BCUT2D eigenvalue weighted by Crippen LogP contribution is 2.25. The van der Waals surface area contributed by atoms with Gasteiger partial charge in [-0.3, -0.25) is 4.21 Å². The van der Waals surface area contributed by atoms with E-state index in [-0.39, 0.29) is 6.04 Å². The fourth-order valence-electron chi connectivity index (χ4n) is 2.11. The van der Waals surface area contributed by atoms with Crippen LogP contribution in [0.1, 0.15) is 24.1 Å². The van der Waals surface area contributed by atoms with E-state index in [1.165, 1.54) is 0 Å². The van der Waals surface area contributed by atoms with E-state index in [9.17, 15) is 4.21 Å². The van der Waals surface area contributed by atoms with Gasteiger partial charge in [-0.2, -0.15) is 0 Å². The maximum Gasteiger partial charge on any atom is 0.0577 e. The summed E-state index contributed by atoms with van der Waals surface area (Å²) in [7, 11) is 3.08. The van der Waals surface area contributed by atoms with Gasteiger partial charge in [0.1, 0.15) is 0 Å². The van der Waals surface area contributed by atoms with Gasteiger partial charge in [-0.15, -0.1) is 0 Å². The van der Waals surface area contributed by atoms with Crippen LogP contribution in [0.3, 0.4) is 0 Å². The zero-order valence-electron chi connectivity index (χ0n) is 12.2. The average Bonchev–Trinajstić information content (AvgIpc) is 2.47. The molecule has 0 fully saturated rings. The second-order valence-corrected chi connectivity index (χ2v) is 6.57. The summed E-state index contributed by atoms with van der Waals surface area (Å²) in [6.07, 6.45) is 0. The Hall–Kier alpha value is -1.45. The van der Waals surface area contributed by atoms with Crippen molar-refractivity contribution in [2.24, 2.45) is 0 Å². The highest BCUT2D eigenvalue weighted by Gasteiger charge is 2.16. The first-order valence-electron chi connectivity index (χ1n) is 6.77. The lowest BCUT2D eigenvalue weighted by Crippen LogP contribution is -2.18. The average molecular weight is 287 g/mol. The SMILES string of the molecule is C[C@H](c1ccccc1S(=O)Cc1ccccc1)N(C)C. The molecule has 1 unspecified atom stereocenters. The molecule has 0 aliphatic rings. The summed E-state index contributed by atoms with van der Waals surface area (Å²) in [6.45, 7) is 2.14. The van der Waals surface area contributed by atoms with E-state index >= 15 is 0 Å². The highest BCUT2D eigenvalue weighted by atomic mass is 32.2. The van der Waals surface area contributed by atoms with Crippen molar-refractivity contribution >= 4 is 10.8 Å². The van der Waals surface area contributed by atoms with E-state index in [1.54, 1.807) is 0 Å². The smallest absolute Gasteiger partial charge is 0.0577 e. The van der Waals surface area contributed by atoms with Crippen molar-refractivity contribution in [2.45, 2.75) is 23.6 Å². The minimum absolute atomic E-state index is 0.255. The van der Waals surface area contributed by atoms with Crippen LogP contribution in [-0.2, 0) is 16.6 Å². The van der Waals surface area contributed by atoms with Gasteiger partial charge in [0.25, 0.3) is 0 Å². The first-order chi connectivity index (χ1) is 9.59. The summed E-state index contributed by atoms with van der Waals surface area (Å²) in [4.78, 5) is 3.08. The summed E-state index contributed by atoms with van der Waals surface area (Å²) in [5.74, 6) is 0.567. The predicted octanol–water partition coefficient (Wildman–Crippen LogP) is 3.62. The summed E-state index contributed by atoms with van der Waals surface area (Å²) in [5.41, 5.74) is 2.25. The minimum atomic E-state index is -1.01. The lowest BCUT2D eigenvalue weighted by molar-refractivity contribution is 0.317. The van der Waals surface area contributed by atoms with Crippen molar-refractivity contribution in [1.29, 1.82) is 0 Å². The van der Waals surface area contributed by atoms with Crippen molar-refractivity contribution < 1.29 is 4.21 Å². The number of hydrogen-bond donors (Lipinski definition) is 0. The fourth-order valence-corrected chi connectivity index (χ4v) is 3.50. The Morgan fingerprint density at radius 3 is 2.25 bits per heavy atom. The highest BCUT2D eigenvalue weighted by molar-refractivity contribution is 7.84. The molecule has 2 nitrogen and oxygen atoms in total. The summed E-state index contributed by atoms with van der Waals surface area (Å²) in [5, 5.41) is 0. The molecule has 20 heavy (non-hydrogen) atoms. The Kier molecular flexibility index (Phi) is 5.10. The van der Waals surface area contributed by atoms with Crippen LogP contribution >= 0.6 is 0 Å². The first kappa shape index (κ1) is 14.9. The standard InChI is InChI=1S/C17H21NOS/c1-14(18(2)3)16-11-7-8-12-17(16)20(19)13-15-9-5-4-6-10-15/h4-12,14H,13H2,1-3H3/t14-,20?/m1/s1. The van der Waals surface area contributed by atoms with Crippen molar-refractivity contribution in [3.63, 3.8) is 0 Å². The monoisotopic (exact) mass is 287 g/mol. The van der Waals surface area contributed by atoms with Crippen molar-refractivity contribution in [2.75, 3.05) is 14.1 Å². The molecule has 0 aliphatic heterocycles. The first-order valence-corrected chi connectivity index (χ1v) is 8.09. The molecule has 2 atom stereocenters. The van der Waals surface area contributed by atoms with Gasteiger partial charge in [0.15, 0.2) is 0 Å². The maximum absolute atomic E-state index is 12.7. The molecule has 3 heteroatoms. The third-order valence-electron chi connectivity index (χ3n) is 3.53. The van der Waals surface area contributed by atoms with Crippen LogP contribution in [0.2, 0.25) is 0 Å². The number of rotatable bonds is 5. The van der Waals surface area contributed by atoms with Gasteiger partial charge in [-0.1, -0.05) is 48.5 Å². The van der Waals surface area contributed by atoms with Crippen LogP contribution in [0, 0.1) is 0 Å². The fraction of sp³-hybridized carbons (Fsp3) is 0.294. The molecular weight excluding hydrogens is 266 g/mol. The van der Waals surface area contributed by atoms with Gasteiger partial charge in [0, 0.05) is 10.9 Å². The number of hydrogen-bond acceptors (Lipinski definition) is 2. The lowest BCUT2D eigenvalue weighted by Gasteiger charge is -2.22. The molecule has 0 aromatic heterocycles. The lowest BCUT2D eigenvalue weighted by atomic mass is 10.1. The number of nitrogens with zero attached hydrogens (tertiary/aromatic N) is 1. The molecule has 0 aliphatic carbocycles. The predicted molar refractivity (Wildman–Crippen MR) is 85.1 cm³/mol. The molecule has 0 spiro atoms.